The number of nitrogens with zero attached hydrogens (tertiary/aromatic N) is 4. The molecule has 10 heteroatoms. The Morgan fingerprint density at radius 2 is 2.00 bits per heavy atom. The minimum absolute atomic E-state index is 0.0482. The molecule has 1 atom stereocenters. The highest BCUT2D eigenvalue weighted by Crippen LogP contribution is 2.36. The Balaban J connectivity index is 1.95. The molecule has 27 heavy (non-hydrogen) atoms. The molecule has 0 aliphatic rings. The molecule has 0 aliphatic heterocycles. The normalized spacial score (nSPS) is 14.0. The van der Waals surface area contributed by atoms with Gasteiger partial charge in [0.15, 0.2) is 11.0 Å². The summed E-state index contributed by atoms with van der Waals surface area (Å²) < 4.78 is 30.6. The van der Waals surface area contributed by atoms with Gasteiger partial charge in [0.1, 0.15) is 0 Å². The van der Waals surface area contributed by atoms with Crippen molar-refractivity contribution in [2.45, 2.75) is 61.9 Å². The van der Waals surface area contributed by atoms with Gasteiger partial charge < -0.3 is 9.09 Å². The number of nitrogens with two attached hydrogens (primary N) is 1. The maximum atomic E-state index is 11.6. The summed E-state index contributed by atoms with van der Waals surface area (Å²) in [5.74, 6) is 1.19. The van der Waals surface area contributed by atoms with Crippen molar-refractivity contribution in [2.75, 3.05) is 0 Å². The van der Waals surface area contributed by atoms with Gasteiger partial charge in [-0.25, -0.2) is 18.5 Å². The lowest BCUT2D eigenvalue weighted by molar-refractivity contribution is 0.364. The zero-order valence-corrected chi connectivity index (χ0v) is 17.6. The van der Waals surface area contributed by atoms with Crippen LogP contribution in [0.25, 0.3) is 11.0 Å². The molecular formula is C17H23N5O3S2. The van der Waals surface area contributed by atoms with Crippen molar-refractivity contribution in [3.05, 3.63) is 29.9 Å². The predicted molar refractivity (Wildman–Crippen MR) is 104 cm³/mol. The topological polar surface area (TPSA) is 117 Å². The molecular weight excluding hydrogens is 386 g/mol. The molecule has 0 spiro atoms. The standard InChI is InChI=1S/C17H23N5O3S2/c1-6-22-13-8-7-11(27(18,23)24)9-12(13)19-16(22)26-10(2)14-20-15(21-25-14)17(3,4)5/h7-10H,6H2,1-5H3,(H2,18,23,24)/t10-/m1/s1. The molecule has 2 aromatic heterocycles. The fourth-order valence-electron chi connectivity index (χ4n) is 2.57. The van der Waals surface area contributed by atoms with Crippen LogP contribution in [0.15, 0.2) is 32.8 Å². The van der Waals surface area contributed by atoms with Crippen LogP contribution < -0.4 is 5.14 Å². The third-order valence-corrected chi connectivity index (χ3v) is 6.06. The summed E-state index contributed by atoms with van der Waals surface area (Å²) in [5, 5.41) is 9.94. The lowest BCUT2D eigenvalue weighted by atomic mass is 9.96. The molecule has 0 unspecified atom stereocenters. The van der Waals surface area contributed by atoms with Gasteiger partial charge in [0, 0.05) is 12.0 Å². The van der Waals surface area contributed by atoms with E-state index in [1.54, 1.807) is 6.07 Å². The van der Waals surface area contributed by atoms with Gasteiger partial charge in [-0.15, -0.1) is 0 Å². The number of benzene rings is 1. The molecule has 8 nitrogen and oxygen atoms in total. The SMILES string of the molecule is CCn1c(S[C@H](C)c2nc(C(C)(C)C)no2)nc2cc(S(N)(=O)=O)ccc21. The number of hydrogen-bond acceptors (Lipinski definition) is 7. The summed E-state index contributed by atoms with van der Waals surface area (Å²) in [6, 6.07) is 4.72. The zero-order chi connectivity index (χ0) is 20.0. The number of thioether (sulfide) groups is 1. The third-order valence-electron chi connectivity index (χ3n) is 4.07. The molecule has 0 bridgehead atoms. The van der Waals surface area contributed by atoms with E-state index in [9.17, 15) is 8.42 Å². The maximum Gasteiger partial charge on any atom is 0.239 e. The molecule has 0 saturated heterocycles. The first-order valence-electron chi connectivity index (χ1n) is 8.54. The smallest absolute Gasteiger partial charge is 0.239 e. The van der Waals surface area contributed by atoms with Gasteiger partial charge in [0.2, 0.25) is 15.9 Å². The minimum atomic E-state index is -3.77. The van der Waals surface area contributed by atoms with Crippen LogP contribution in [-0.2, 0) is 22.0 Å². The molecule has 0 radical (unpaired) electrons. The van der Waals surface area contributed by atoms with E-state index in [2.05, 4.69) is 15.1 Å². The van der Waals surface area contributed by atoms with Crippen molar-refractivity contribution in [1.82, 2.24) is 19.7 Å². The number of sulfonamides is 1. The molecule has 0 amide bonds. The van der Waals surface area contributed by atoms with Gasteiger partial charge in [-0.05, 0) is 32.0 Å². The van der Waals surface area contributed by atoms with Crippen molar-refractivity contribution in [3.8, 4) is 0 Å². The molecule has 0 aliphatic carbocycles. The maximum absolute atomic E-state index is 11.6. The van der Waals surface area contributed by atoms with Crippen LogP contribution >= 0.6 is 11.8 Å². The number of rotatable bonds is 5. The Hall–Kier alpha value is -1.91. The molecule has 146 valence electrons. The monoisotopic (exact) mass is 409 g/mol. The molecule has 3 rings (SSSR count). The Labute approximate surface area is 162 Å². The Kier molecular flexibility index (Phi) is 5.08. The van der Waals surface area contributed by atoms with Gasteiger partial charge in [0.05, 0.1) is 21.2 Å². The molecule has 2 N–H and O–H groups in total. The average molecular weight is 410 g/mol. The second-order valence-electron chi connectivity index (χ2n) is 7.30. The van der Waals surface area contributed by atoms with Gasteiger partial charge in [-0.3, -0.25) is 0 Å². The Bertz CT molecular complexity index is 1080. The second kappa shape index (κ2) is 6.92. The van der Waals surface area contributed by atoms with E-state index in [0.717, 1.165) is 10.7 Å². The van der Waals surface area contributed by atoms with Crippen LogP contribution in [0.3, 0.4) is 0 Å². The van der Waals surface area contributed by atoms with Crippen LogP contribution in [0.5, 0.6) is 0 Å². The highest BCUT2D eigenvalue weighted by Gasteiger charge is 2.25. The third kappa shape index (κ3) is 4.02. The van der Waals surface area contributed by atoms with Crippen molar-refractivity contribution >= 4 is 32.8 Å². The van der Waals surface area contributed by atoms with Gasteiger partial charge in [-0.2, -0.15) is 4.98 Å². The Morgan fingerprint density at radius 1 is 1.30 bits per heavy atom. The second-order valence-corrected chi connectivity index (χ2v) is 10.2. The van der Waals surface area contributed by atoms with E-state index >= 15 is 0 Å². The van der Waals surface area contributed by atoms with Gasteiger partial charge in [0.25, 0.3) is 0 Å². The van der Waals surface area contributed by atoms with Gasteiger partial charge in [-0.1, -0.05) is 37.7 Å². The van der Waals surface area contributed by atoms with Crippen LogP contribution in [0.1, 0.15) is 51.6 Å². The van der Waals surface area contributed by atoms with Crippen LogP contribution in [0.4, 0.5) is 0 Å². The number of aryl methyl sites for hydroxylation is 1. The Morgan fingerprint density at radius 3 is 2.56 bits per heavy atom. The minimum Gasteiger partial charge on any atom is -0.338 e. The van der Waals surface area contributed by atoms with E-state index < -0.39 is 10.0 Å². The highest BCUT2D eigenvalue weighted by atomic mass is 32.2. The number of hydrogen-bond donors (Lipinski definition) is 1. The van der Waals surface area contributed by atoms with Gasteiger partial charge >= 0.3 is 0 Å². The van der Waals surface area contributed by atoms with Crippen molar-refractivity contribution < 1.29 is 12.9 Å². The van der Waals surface area contributed by atoms with Crippen molar-refractivity contribution in [2.24, 2.45) is 5.14 Å². The first-order chi connectivity index (χ1) is 12.5. The summed E-state index contributed by atoms with van der Waals surface area (Å²) in [7, 11) is -3.77. The first kappa shape index (κ1) is 19.8. The summed E-state index contributed by atoms with van der Waals surface area (Å²) in [6.07, 6.45) is 0. The predicted octanol–water partition coefficient (Wildman–Crippen LogP) is 3.24. The number of primary sulfonamides is 1. The molecule has 0 fully saturated rings. The fraction of sp³-hybridized carbons (Fsp3) is 0.471. The van der Waals surface area contributed by atoms with Crippen molar-refractivity contribution in [1.29, 1.82) is 0 Å². The van der Waals surface area contributed by atoms with Crippen molar-refractivity contribution in [3.63, 3.8) is 0 Å². The lowest BCUT2D eigenvalue weighted by Crippen LogP contribution is -2.13. The summed E-state index contributed by atoms with van der Waals surface area (Å²) in [4.78, 5) is 9.14. The number of aromatic nitrogens is 4. The summed E-state index contributed by atoms with van der Waals surface area (Å²) in [6.45, 7) is 10.8. The first-order valence-corrected chi connectivity index (χ1v) is 11.0. The quantitative estimate of drug-likeness (QED) is 0.643. The molecule has 1 aromatic carbocycles. The number of fused-ring (bicyclic) bond motifs is 1. The van der Waals surface area contributed by atoms with Crippen LogP contribution in [0.2, 0.25) is 0 Å². The van der Waals surface area contributed by atoms with E-state index in [1.807, 2.05) is 39.2 Å². The summed E-state index contributed by atoms with van der Waals surface area (Å²) in [5.41, 5.74) is 1.24. The molecule has 3 aromatic rings. The zero-order valence-electron chi connectivity index (χ0n) is 15.9. The largest absolute Gasteiger partial charge is 0.338 e. The van der Waals surface area contributed by atoms with E-state index in [-0.39, 0.29) is 15.6 Å². The molecule has 2 heterocycles. The highest BCUT2D eigenvalue weighted by molar-refractivity contribution is 7.99. The van der Waals surface area contributed by atoms with E-state index in [4.69, 9.17) is 9.66 Å². The number of imidazole rings is 1. The van der Waals surface area contributed by atoms with Crippen LogP contribution in [-0.4, -0.2) is 28.1 Å². The lowest BCUT2D eigenvalue weighted by Gasteiger charge is -2.11. The van der Waals surface area contributed by atoms with E-state index in [0.29, 0.717) is 23.8 Å². The van der Waals surface area contributed by atoms with E-state index in [1.165, 1.54) is 23.9 Å². The summed E-state index contributed by atoms with van der Waals surface area (Å²) >= 11 is 1.49. The average Bonchev–Trinajstić information content (AvgIpc) is 3.17. The molecule has 0 saturated carbocycles. The fourth-order valence-corrected chi connectivity index (χ4v) is 4.13. The van der Waals surface area contributed by atoms with Crippen LogP contribution in [0, 0.1) is 0 Å².